The van der Waals surface area contributed by atoms with E-state index in [1.807, 2.05) is 6.07 Å². The molecule has 0 aliphatic rings. The van der Waals surface area contributed by atoms with Crippen LogP contribution in [-0.2, 0) is 4.79 Å². The number of hydrogen-bond donors (Lipinski definition) is 2. The maximum atomic E-state index is 12.4. The average molecular weight is 355 g/mol. The van der Waals surface area contributed by atoms with Gasteiger partial charge >= 0.3 is 0 Å². The maximum Gasteiger partial charge on any atom is 0.246 e. The molecule has 136 valence electrons. The lowest BCUT2D eigenvalue weighted by Gasteiger charge is -2.18. The number of anilines is 2. The van der Waals surface area contributed by atoms with Crippen LogP contribution in [0, 0.1) is 11.3 Å². The van der Waals surface area contributed by atoms with E-state index >= 15 is 0 Å². The van der Waals surface area contributed by atoms with Crippen molar-refractivity contribution in [1.82, 2.24) is 0 Å². The molecule has 2 rings (SSSR count). The van der Waals surface area contributed by atoms with Crippen LogP contribution >= 0.6 is 0 Å². The Kier molecular flexibility index (Phi) is 6.28. The van der Waals surface area contributed by atoms with E-state index in [4.69, 9.17) is 19.5 Å². The first-order valence-electron chi connectivity index (χ1n) is 7.90. The van der Waals surface area contributed by atoms with Crippen molar-refractivity contribution in [2.75, 3.05) is 32.0 Å². The highest BCUT2D eigenvalue weighted by atomic mass is 16.5. The van der Waals surface area contributed by atoms with Gasteiger partial charge in [0.05, 0.1) is 33.0 Å². The van der Waals surface area contributed by atoms with E-state index in [9.17, 15) is 4.79 Å². The van der Waals surface area contributed by atoms with E-state index in [2.05, 4.69) is 10.6 Å². The van der Waals surface area contributed by atoms with E-state index in [1.54, 1.807) is 43.3 Å². The first-order valence-corrected chi connectivity index (χ1v) is 7.90. The third-order valence-corrected chi connectivity index (χ3v) is 3.70. The smallest absolute Gasteiger partial charge is 0.246 e. The van der Waals surface area contributed by atoms with Gasteiger partial charge in [-0.2, -0.15) is 5.26 Å². The van der Waals surface area contributed by atoms with Gasteiger partial charge < -0.3 is 24.8 Å². The number of hydrogen-bond acceptors (Lipinski definition) is 6. The summed E-state index contributed by atoms with van der Waals surface area (Å²) in [4.78, 5) is 12.4. The Labute approximate surface area is 152 Å². The molecule has 1 amide bonds. The molecule has 26 heavy (non-hydrogen) atoms. The molecule has 2 aromatic carbocycles. The second-order valence-corrected chi connectivity index (χ2v) is 5.46. The molecule has 0 spiro atoms. The number of benzene rings is 2. The molecule has 1 atom stereocenters. The Morgan fingerprint density at radius 1 is 1.04 bits per heavy atom. The van der Waals surface area contributed by atoms with Crippen LogP contribution in [0.3, 0.4) is 0 Å². The van der Waals surface area contributed by atoms with Gasteiger partial charge in [-0.3, -0.25) is 4.79 Å². The molecule has 7 nitrogen and oxygen atoms in total. The normalized spacial score (nSPS) is 11.0. The van der Waals surface area contributed by atoms with Gasteiger partial charge in [0, 0.05) is 23.5 Å². The molecule has 0 bridgehead atoms. The van der Waals surface area contributed by atoms with Crippen molar-refractivity contribution in [3.05, 3.63) is 42.0 Å². The third kappa shape index (κ3) is 4.36. The summed E-state index contributed by atoms with van der Waals surface area (Å²) in [6.45, 7) is 1.73. The molecule has 0 saturated carbocycles. The number of carbonyl (C=O) groups is 1. The first-order chi connectivity index (χ1) is 12.5. The number of methoxy groups -OCH3 is 3. The molecular formula is C19H21N3O4. The van der Waals surface area contributed by atoms with E-state index in [0.29, 0.717) is 34.2 Å². The van der Waals surface area contributed by atoms with Crippen LogP contribution in [-0.4, -0.2) is 33.3 Å². The molecule has 0 aliphatic carbocycles. The number of nitrogens with zero attached hydrogens (tertiary/aromatic N) is 1. The molecule has 0 aliphatic heterocycles. The fourth-order valence-corrected chi connectivity index (χ4v) is 2.40. The average Bonchev–Trinajstić information content (AvgIpc) is 2.67. The van der Waals surface area contributed by atoms with Crippen LogP contribution in [0.4, 0.5) is 11.4 Å². The summed E-state index contributed by atoms with van der Waals surface area (Å²) in [6.07, 6.45) is 0. The summed E-state index contributed by atoms with van der Waals surface area (Å²) >= 11 is 0. The molecular weight excluding hydrogens is 334 g/mol. The highest BCUT2D eigenvalue weighted by molar-refractivity contribution is 5.96. The minimum atomic E-state index is -0.538. The molecule has 7 heteroatoms. The molecule has 2 aromatic rings. The lowest BCUT2D eigenvalue weighted by Crippen LogP contribution is -2.31. The highest BCUT2D eigenvalue weighted by Gasteiger charge is 2.17. The Morgan fingerprint density at radius 2 is 1.69 bits per heavy atom. The largest absolute Gasteiger partial charge is 0.493 e. The number of nitriles is 1. The zero-order chi connectivity index (χ0) is 19.1. The quantitative estimate of drug-likeness (QED) is 0.793. The van der Waals surface area contributed by atoms with Crippen LogP contribution in [0.1, 0.15) is 12.5 Å². The van der Waals surface area contributed by atoms with Gasteiger partial charge in [-0.1, -0.05) is 6.07 Å². The Bertz CT molecular complexity index is 805. The minimum Gasteiger partial charge on any atom is -0.493 e. The van der Waals surface area contributed by atoms with Crippen LogP contribution in [0.15, 0.2) is 36.4 Å². The first kappa shape index (κ1) is 18.9. The minimum absolute atomic E-state index is 0.242. The van der Waals surface area contributed by atoms with Gasteiger partial charge in [0.1, 0.15) is 6.04 Å². The van der Waals surface area contributed by atoms with E-state index in [-0.39, 0.29) is 5.91 Å². The van der Waals surface area contributed by atoms with Crippen molar-refractivity contribution in [3.8, 4) is 23.3 Å². The van der Waals surface area contributed by atoms with Gasteiger partial charge in [-0.15, -0.1) is 0 Å². The number of carbonyl (C=O) groups excluding carboxylic acids is 1. The van der Waals surface area contributed by atoms with Gasteiger partial charge in [0.15, 0.2) is 11.5 Å². The fourth-order valence-electron chi connectivity index (χ4n) is 2.40. The summed E-state index contributed by atoms with van der Waals surface area (Å²) < 4.78 is 15.9. The summed E-state index contributed by atoms with van der Waals surface area (Å²) in [5.74, 6) is 1.21. The summed E-state index contributed by atoms with van der Waals surface area (Å²) in [6, 6.07) is 11.7. The van der Waals surface area contributed by atoms with Crippen molar-refractivity contribution < 1.29 is 19.0 Å². The molecule has 0 unspecified atom stereocenters. The summed E-state index contributed by atoms with van der Waals surface area (Å²) in [5, 5.41) is 14.8. The second-order valence-electron chi connectivity index (χ2n) is 5.46. The number of amides is 1. The van der Waals surface area contributed by atoms with Gasteiger partial charge in [0.25, 0.3) is 0 Å². The number of rotatable bonds is 7. The monoisotopic (exact) mass is 355 g/mol. The standard InChI is InChI=1S/C19H21N3O4/c1-12(19(23)22-14-7-5-6-13(8-14)11-20)21-15-9-16(24-2)18(26-4)17(10-15)25-3/h5-10,12,21H,1-4H3,(H,22,23)/t12-/m1/s1. The lowest BCUT2D eigenvalue weighted by atomic mass is 10.2. The van der Waals surface area contributed by atoms with Crippen LogP contribution < -0.4 is 24.8 Å². The summed E-state index contributed by atoms with van der Waals surface area (Å²) in [5.41, 5.74) is 1.69. The Balaban J connectivity index is 2.14. The topological polar surface area (TPSA) is 92.6 Å². The molecule has 0 heterocycles. The molecule has 0 saturated heterocycles. The van der Waals surface area contributed by atoms with E-state index in [1.165, 1.54) is 21.3 Å². The maximum absolute atomic E-state index is 12.4. The zero-order valence-electron chi connectivity index (χ0n) is 15.1. The Hall–Kier alpha value is -3.40. The van der Waals surface area contributed by atoms with Crippen molar-refractivity contribution in [2.24, 2.45) is 0 Å². The SMILES string of the molecule is COc1cc(N[C@H](C)C(=O)Nc2cccc(C#N)c2)cc(OC)c1OC. The van der Waals surface area contributed by atoms with Gasteiger partial charge in [-0.25, -0.2) is 0 Å². The Morgan fingerprint density at radius 3 is 2.23 bits per heavy atom. The van der Waals surface area contributed by atoms with E-state index in [0.717, 1.165) is 0 Å². The van der Waals surface area contributed by atoms with Gasteiger partial charge in [0.2, 0.25) is 11.7 Å². The van der Waals surface area contributed by atoms with Crippen LogP contribution in [0.2, 0.25) is 0 Å². The second kappa shape index (κ2) is 8.62. The molecule has 0 aromatic heterocycles. The van der Waals surface area contributed by atoms with Crippen molar-refractivity contribution >= 4 is 17.3 Å². The summed E-state index contributed by atoms with van der Waals surface area (Å²) in [7, 11) is 4.58. The number of nitrogens with one attached hydrogen (secondary N) is 2. The predicted octanol–water partition coefficient (Wildman–Crippen LogP) is 3.02. The zero-order valence-corrected chi connectivity index (χ0v) is 15.1. The van der Waals surface area contributed by atoms with Crippen LogP contribution in [0.25, 0.3) is 0 Å². The van der Waals surface area contributed by atoms with Crippen molar-refractivity contribution in [1.29, 1.82) is 5.26 Å². The third-order valence-electron chi connectivity index (χ3n) is 3.70. The van der Waals surface area contributed by atoms with Crippen molar-refractivity contribution in [3.63, 3.8) is 0 Å². The fraction of sp³-hybridized carbons (Fsp3) is 0.263. The molecule has 0 radical (unpaired) electrons. The molecule has 0 fully saturated rings. The highest BCUT2D eigenvalue weighted by Crippen LogP contribution is 2.40. The van der Waals surface area contributed by atoms with Crippen molar-refractivity contribution in [2.45, 2.75) is 13.0 Å². The predicted molar refractivity (Wildman–Crippen MR) is 99.0 cm³/mol. The number of ether oxygens (including phenoxy) is 3. The van der Waals surface area contributed by atoms with Gasteiger partial charge in [-0.05, 0) is 25.1 Å². The molecule has 2 N–H and O–H groups in total. The van der Waals surface area contributed by atoms with E-state index < -0.39 is 6.04 Å². The lowest BCUT2D eigenvalue weighted by molar-refractivity contribution is -0.116. The van der Waals surface area contributed by atoms with Crippen LogP contribution in [0.5, 0.6) is 17.2 Å².